The fourth-order valence-corrected chi connectivity index (χ4v) is 2.64. The maximum absolute atomic E-state index is 12.1. The highest BCUT2D eigenvalue weighted by Crippen LogP contribution is 2.38. The number of carbonyl (C=O) groups excluding carboxylic acids is 1. The number of hydrogen-bond donors (Lipinski definition) is 1. The molecule has 1 fully saturated rings. The zero-order chi connectivity index (χ0) is 12.5. The van der Waals surface area contributed by atoms with Gasteiger partial charge in [0.2, 0.25) is 5.91 Å². The third-order valence-electron chi connectivity index (χ3n) is 3.82. The molecule has 1 heterocycles. The number of nitrogens with zero attached hydrogens (tertiary/aromatic N) is 1. The number of hydrogen-bond acceptors (Lipinski definition) is 2. The van der Waals surface area contributed by atoms with Crippen LogP contribution in [-0.2, 0) is 10.4 Å². The summed E-state index contributed by atoms with van der Waals surface area (Å²) in [6.45, 7) is 2.66. The lowest BCUT2D eigenvalue weighted by Gasteiger charge is -2.32. The molecule has 1 amide bonds. The molecule has 0 aliphatic carbocycles. The highest BCUT2D eigenvalue weighted by atomic mass is 16.3. The van der Waals surface area contributed by atoms with Crippen LogP contribution in [0.2, 0.25) is 0 Å². The molecular formula is C14H19NO2. The van der Waals surface area contributed by atoms with Gasteiger partial charge in [-0.3, -0.25) is 4.79 Å². The second-order valence-electron chi connectivity index (χ2n) is 4.74. The molecule has 0 aromatic heterocycles. The third-order valence-corrected chi connectivity index (χ3v) is 3.82. The normalized spacial score (nSPS) is 23.8. The Bertz CT molecular complexity index is 404. The summed E-state index contributed by atoms with van der Waals surface area (Å²) in [5, 5.41) is 10.8. The van der Waals surface area contributed by atoms with Crippen molar-refractivity contribution in [1.82, 2.24) is 4.90 Å². The summed E-state index contributed by atoms with van der Waals surface area (Å²) in [5.74, 6) is -0.252. The molecule has 1 aliphatic heterocycles. The van der Waals surface area contributed by atoms with E-state index in [1.54, 1.807) is 11.9 Å². The summed E-state index contributed by atoms with van der Waals surface area (Å²) in [5.41, 5.74) is -0.181. The van der Waals surface area contributed by atoms with E-state index < -0.39 is 5.60 Å². The Kier molecular flexibility index (Phi) is 3.20. The minimum atomic E-state index is -1.02. The minimum Gasteiger partial charge on any atom is -0.384 e. The number of amides is 1. The molecule has 0 saturated carbocycles. The molecule has 2 atom stereocenters. The van der Waals surface area contributed by atoms with Crippen LogP contribution < -0.4 is 0 Å². The first kappa shape index (κ1) is 12.1. The van der Waals surface area contributed by atoms with E-state index in [1.807, 2.05) is 37.3 Å². The summed E-state index contributed by atoms with van der Waals surface area (Å²) in [4.78, 5) is 13.8. The zero-order valence-corrected chi connectivity index (χ0v) is 10.4. The van der Waals surface area contributed by atoms with Gasteiger partial charge in [-0.2, -0.15) is 0 Å². The first-order chi connectivity index (χ1) is 8.09. The van der Waals surface area contributed by atoms with Crippen LogP contribution in [0, 0.1) is 5.92 Å². The van der Waals surface area contributed by atoms with Crippen LogP contribution in [-0.4, -0.2) is 29.5 Å². The average Bonchev–Trinajstić information content (AvgIpc) is 2.71. The van der Waals surface area contributed by atoms with Gasteiger partial charge in [0.1, 0.15) is 5.60 Å². The Hall–Kier alpha value is -1.35. The lowest BCUT2D eigenvalue weighted by Crippen LogP contribution is -2.39. The van der Waals surface area contributed by atoms with Crippen molar-refractivity contribution in [3.8, 4) is 0 Å². The Labute approximate surface area is 102 Å². The number of rotatable bonds is 3. The fraction of sp³-hybridized carbons (Fsp3) is 0.500. The smallest absolute Gasteiger partial charge is 0.228 e. The SMILES string of the molecule is CC[C@@](O)(c1ccccc1)[C@H]1CCN(C)C1=O. The molecule has 3 nitrogen and oxygen atoms in total. The summed E-state index contributed by atoms with van der Waals surface area (Å²) in [7, 11) is 1.80. The van der Waals surface area contributed by atoms with Crippen molar-refractivity contribution < 1.29 is 9.90 Å². The predicted molar refractivity (Wildman–Crippen MR) is 66.4 cm³/mol. The van der Waals surface area contributed by atoms with Crippen molar-refractivity contribution in [3.63, 3.8) is 0 Å². The molecule has 0 spiro atoms. The highest BCUT2D eigenvalue weighted by molar-refractivity contribution is 5.82. The molecule has 2 rings (SSSR count). The molecule has 17 heavy (non-hydrogen) atoms. The van der Waals surface area contributed by atoms with Crippen LogP contribution in [0.4, 0.5) is 0 Å². The number of likely N-dealkylation sites (tertiary alicyclic amines) is 1. The number of aliphatic hydroxyl groups is 1. The van der Waals surface area contributed by atoms with E-state index >= 15 is 0 Å². The maximum atomic E-state index is 12.1. The van der Waals surface area contributed by atoms with Crippen molar-refractivity contribution in [3.05, 3.63) is 35.9 Å². The van der Waals surface area contributed by atoms with Crippen LogP contribution in [0.1, 0.15) is 25.3 Å². The average molecular weight is 233 g/mol. The second kappa shape index (κ2) is 4.49. The van der Waals surface area contributed by atoms with Gasteiger partial charge >= 0.3 is 0 Å². The fourth-order valence-electron chi connectivity index (χ4n) is 2.64. The van der Waals surface area contributed by atoms with Gasteiger partial charge < -0.3 is 10.0 Å². The lowest BCUT2D eigenvalue weighted by molar-refractivity contribution is -0.139. The van der Waals surface area contributed by atoms with Gasteiger partial charge in [0, 0.05) is 13.6 Å². The number of benzene rings is 1. The number of carbonyl (C=O) groups is 1. The Morgan fingerprint density at radius 3 is 2.53 bits per heavy atom. The van der Waals surface area contributed by atoms with Crippen LogP contribution >= 0.6 is 0 Å². The van der Waals surface area contributed by atoms with Crippen molar-refractivity contribution in [2.45, 2.75) is 25.4 Å². The summed E-state index contributed by atoms with van der Waals surface area (Å²) in [6.07, 6.45) is 1.29. The van der Waals surface area contributed by atoms with E-state index in [0.717, 1.165) is 18.5 Å². The van der Waals surface area contributed by atoms with Crippen molar-refractivity contribution >= 4 is 5.91 Å². The van der Waals surface area contributed by atoms with E-state index in [-0.39, 0.29) is 11.8 Å². The molecule has 0 unspecified atom stereocenters. The van der Waals surface area contributed by atoms with E-state index in [0.29, 0.717) is 6.42 Å². The maximum Gasteiger partial charge on any atom is 0.228 e. The van der Waals surface area contributed by atoms with Crippen LogP contribution in [0.15, 0.2) is 30.3 Å². The third kappa shape index (κ3) is 1.95. The van der Waals surface area contributed by atoms with E-state index in [9.17, 15) is 9.90 Å². The molecule has 0 radical (unpaired) electrons. The second-order valence-corrected chi connectivity index (χ2v) is 4.74. The Morgan fingerprint density at radius 2 is 2.06 bits per heavy atom. The molecule has 1 saturated heterocycles. The van der Waals surface area contributed by atoms with Crippen LogP contribution in [0.3, 0.4) is 0 Å². The Balaban J connectivity index is 2.35. The molecule has 92 valence electrons. The lowest BCUT2D eigenvalue weighted by atomic mass is 9.78. The van der Waals surface area contributed by atoms with Crippen molar-refractivity contribution in [1.29, 1.82) is 0 Å². The first-order valence-electron chi connectivity index (χ1n) is 6.12. The first-order valence-corrected chi connectivity index (χ1v) is 6.12. The van der Waals surface area contributed by atoms with E-state index in [4.69, 9.17) is 0 Å². The zero-order valence-electron chi connectivity index (χ0n) is 10.4. The minimum absolute atomic E-state index is 0.0539. The van der Waals surface area contributed by atoms with Crippen molar-refractivity contribution in [2.75, 3.05) is 13.6 Å². The van der Waals surface area contributed by atoms with E-state index in [1.165, 1.54) is 0 Å². The predicted octanol–water partition coefficient (Wildman–Crippen LogP) is 1.76. The molecule has 1 aromatic rings. The van der Waals surface area contributed by atoms with Crippen LogP contribution in [0.5, 0.6) is 0 Å². The van der Waals surface area contributed by atoms with Crippen LogP contribution in [0.25, 0.3) is 0 Å². The molecule has 0 bridgehead atoms. The largest absolute Gasteiger partial charge is 0.384 e. The molecule has 1 aromatic carbocycles. The van der Waals surface area contributed by atoms with Gasteiger partial charge in [0.25, 0.3) is 0 Å². The summed E-state index contributed by atoms with van der Waals surface area (Å²) < 4.78 is 0. The molecule has 1 N–H and O–H groups in total. The summed E-state index contributed by atoms with van der Waals surface area (Å²) in [6, 6.07) is 9.52. The van der Waals surface area contributed by atoms with Gasteiger partial charge in [0.05, 0.1) is 5.92 Å². The van der Waals surface area contributed by atoms with Gasteiger partial charge in [-0.1, -0.05) is 37.3 Å². The van der Waals surface area contributed by atoms with Crippen molar-refractivity contribution in [2.24, 2.45) is 5.92 Å². The highest BCUT2D eigenvalue weighted by Gasteiger charge is 2.45. The molecule has 3 heteroatoms. The monoisotopic (exact) mass is 233 g/mol. The standard InChI is InChI=1S/C14H19NO2/c1-3-14(17,11-7-5-4-6-8-11)12-9-10-15(2)13(12)16/h4-8,12,17H,3,9-10H2,1-2H3/t12-,14+/m0/s1. The topological polar surface area (TPSA) is 40.5 Å². The quantitative estimate of drug-likeness (QED) is 0.864. The Morgan fingerprint density at radius 1 is 1.41 bits per heavy atom. The van der Waals surface area contributed by atoms with Gasteiger partial charge in [0.15, 0.2) is 0 Å². The molecule has 1 aliphatic rings. The molecular weight excluding hydrogens is 214 g/mol. The van der Waals surface area contributed by atoms with Gasteiger partial charge in [-0.05, 0) is 18.4 Å². The summed E-state index contributed by atoms with van der Waals surface area (Å²) >= 11 is 0. The van der Waals surface area contributed by atoms with E-state index in [2.05, 4.69) is 0 Å². The van der Waals surface area contributed by atoms with Gasteiger partial charge in [-0.25, -0.2) is 0 Å². The van der Waals surface area contributed by atoms with Gasteiger partial charge in [-0.15, -0.1) is 0 Å².